The van der Waals surface area contributed by atoms with Crippen molar-refractivity contribution in [3.05, 3.63) is 119 Å². The highest BCUT2D eigenvalue weighted by atomic mass is 16.4. The Morgan fingerprint density at radius 2 is 1.18 bits per heavy atom. The fraction of sp³-hybridized carbons (Fsp3) is 0. The van der Waals surface area contributed by atoms with Crippen molar-refractivity contribution in [2.45, 2.75) is 0 Å². The first-order chi connectivity index (χ1) is 16.6. The van der Waals surface area contributed by atoms with Gasteiger partial charge in [-0.15, -0.1) is 0 Å². The molecule has 5 aromatic rings. The lowest BCUT2D eigenvalue weighted by Crippen LogP contribution is -1.97. The Kier molecular flexibility index (Phi) is 5.51. The summed E-state index contributed by atoms with van der Waals surface area (Å²) in [5, 5.41) is 20.4. The molecular formula is C30H20N2O2. The summed E-state index contributed by atoms with van der Waals surface area (Å²) in [4.78, 5) is 11.0. The molecule has 0 radical (unpaired) electrons. The van der Waals surface area contributed by atoms with Gasteiger partial charge in [-0.3, -0.25) is 0 Å². The van der Waals surface area contributed by atoms with Crippen LogP contribution < -0.4 is 0 Å². The predicted molar refractivity (Wildman–Crippen MR) is 137 cm³/mol. The van der Waals surface area contributed by atoms with Crippen molar-refractivity contribution < 1.29 is 9.90 Å². The maximum absolute atomic E-state index is 11.0. The van der Waals surface area contributed by atoms with Gasteiger partial charge in [-0.1, -0.05) is 84.9 Å². The number of rotatable bonds is 5. The number of benzene rings is 4. The lowest BCUT2D eigenvalue weighted by atomic mass is 10.1. The maximum atomic E-state index is 11.0. The van der Waals surface area contributed by atoms with Crippen LogP contribution in [0, 0.1) is 11.3 Å². The average molecular weight is 441 g/mol. The Bertz CT molecular complexity index is 1560. The van der Waals surface area contributed by atoms with Crippen molar-refractivity contribution in [1.82, 2.24) is 4.57 Å². The summed E-state index contributed by atoms with van der Waals surface area (Å²) in [6.45, 7) is 0. The van der Waals surface area contributed by atoms with Gasteiger partial charge in [0.15, 0.2) is 0 Å². The molecule has 0 amide bonds. The van der Waals surface area contributed by atoms with Crippen LogP contribution in [0.4, 0.5) is 0 Å². The molecule has 1 aromatic heterocycles. The van der Waals surface area contributed by atoms with Gasteiger partial charge < -0.3 is 9.67 Å². The first-order valence-electron chi connectivity index (χ1n) is 10.9. The molecular weight excluding hydrogens is 420 g/mol. The molecule has 4 heteroatoms. The number of para-hydroxylation sites is 2. The molecule has 0 aliphatic rings. The van der Waals surface area contributed by atoms with Crippen LogP contribution in [0.25, 0.3) is 45.7 Å². The molecule has 1 N–H and O–H groups in total. The van der Waals surface area contributed by atoms with E-state index in [1.807, 2.05) is 24.3 Å². The summed E-state index contributed by atoms with van der Waals surface area (Å²) in [7, 11) is 0. The smallest absolute Gasteiger partial charge is 0.346 e. The van der Waals surface area contributed by atoms with E-state index < -0.39 is 5.97 Å². The number of nitrogens with zero attached hydrogens (tertiary/aromatic N) is 2. The number of aliphatic carboxylic acids is 1. The van der Waals surface area contributed by atoms with E-state index in [4.69, 9.17) is 10.4 Å². The lowest BCUT2D eigenvalue weighted by molar-refractivity contribution is -0.132. The van der Waals surface area contributed by atoms with Crippen molar-refractivity contribution in [3.8, 4) is 11.8 Å². The van der Waals surface area contributed by atoms with Crippen LogP contribution in [0.15, 0.2) is 103 Å². The average Bonchev–Trinajstić information content (AvgIpc) is 3.21. The summed E-state index contributed by atoms with van der Waals surface area (Å²) < 4.78 is 2.29. The van der Waals surface area contributed by atoms with Crippen molar-refractivity contribution in [2.24, 2.45) is 0 Å². The second-order valence-electron chi connectivity index (χ2n) is 7.94. The number of hydrogen-bond donors (Lipinski definition) is 1. The van der Waals surface area contributed by atoms with Gasteiger partial charge in [0.25, 0.3) is 0 Å². The van der Waals surface area contributed by atoms with Crippen molar-refractivity contribution in [1.29, 1.82) is 5.26 Å². The molecule has 5 rings (SSSR count). The Morgan fingerprint density at radius 1 is 0.706 bits per heavy atom. The molecule has 1 heterocycles. The highest BCUT2D eigenvalue weighted by Crippen LogP contribution is 2.31. The first kappa shape index (κ1) is 21.0. The highest BCUT2D eigenvalue weighted by molar-refractivity contribution is 6.09. The van der Waals surface area contributed by atoms with Crippen LogP contribution in [0.2, 0.25) is 0 Å². The van der Waals surface area contributed by atoms with Gasteiger partial charge >= 0.3 is 5.97 Å². The zero-order chi connectivity index (χ0) is 23.5. The first-order valence-corrected chi connectivity index (χ1v) is 10.9. The third-order valence-corrected chi connectivity index (χ3v) is 5.80. The number of hydrogen-bond acceptors (Lipinski definition) is 2. The SMILES string of the molecule is N#CC(=Cc1ccc(C=Cc2ccc(-n3c4ccccc4c4ccccc43)cc2)cc1)C(=O)O. The van der Waals surface area contributed by atoms with Gasteiger partial charge in [-0.2, -0.15) is 5.26 Å². The summed E-state index contributed by atoms with van der Waals surface area (Å²) in [5.74, 6) is -1.23. The Hall–Kier alpha value is -4.88. The second kappa shape index (κ2) is 8.93. The number of aromatic nitrogens is 1. The van der Waals surface area contributed by atoms with E-state index in [2.05, 4.69) is 77.4 Å². The molecule has 0 fully saturated rings. The summed E-state index contributed by atoms with van der Waals surface area (Å²) in [6, 6.07) is 34.4. The van der Waals surface area contributed by atoms with Gasteiger partial charge in [0.1, 0.15) is 11.6 Å². The number of nitriles is 1. The van der Waals surface area contributed by atoms with Crippen LogP contribution in [0.3, 0.4) is 0 Å². The molecule has 0 saturated carbocycles. The molecule has 34 heavy (non-hydrogen) atoms. The van der Waals surface area contributed by atoms with E-state index in [0.29, 0.717) is 5.56 Å². The molecule has 0 atom stereocenters. The number of carboxylic acids is 1. The van der Waals surface area contributed by atoms with E-state index in [1.165, 1.54) is 27.9 Å². The third kappa shape index (κ3) is 3.99. The molecule has 0 unspecified atom stereocenters. The van der Waals surface area contributed by atoms with E-state index in [9.17, 15) is 4.79 Å². The summed E-state index contributed by atoms with van der Waals surface area (Å²) in [6.07, 6.45) is 5.41. The minimum atomic E-state index is -1.23. The van der Waals surface area contributed by atoms with Crippen LogP contribution in [-0.4, -0.2) is 15.6 Å². The standard InChI is InChI=1S/C30H20N2O2/c31-20-24(30(33)34)19-23-13-11-21(12-14-23)9-10-22-15-17-25(18-16-22)32-28-7-3-1-5-26(28)27-6-2-4-8-29(27)32/h1-19H,(H,33,34). The fourth-order valence-corrected chi connectivity index (χ4v) is 4.14. The van der Waals surface area contributed by atoms with Crippen molar-refractivity contribution >= 4 is 46.0 Å². The van der Waals surface area contributed by atoms with Crippen LogP contribution in [0.5, 0.6) is 0 Å². The van der Waals surface area contributed by atoms with Gasteiger partial charge in [-0.05, 0) is 47.0 Å². The van der Waals surface area contributed by atoms with E-state index in [1.54, 1.807) is 18.2 Å². The maximum Gasteiger partial charge on any atom is 0.346 e. The summed E-state index contributed by atoms with van der Waals surface area (Å²) in [5.41, 5.74) is 5.92. The summed E-state index contributed by atoms with van der Waals surface area (Å²) >= 11 is 0. The topological polar surface area (TPSA) is 66.0 Å². The molecule has 4 nitrogen and oxygen atoms in total. The predicted octanol–water partition coefficient (Wildman–Crippen LogP) is 6.95. The van der Waals surface area contributed by atoms with Gasteiger partial charge in [0.05, 0.1) is 11.0 Å². The van der Waals surface area contributed by atoms with E-state index >= 15 is 0 Å². The minimum absolute atomic E-state index is 0.286. The minimum Gasteiger partial charge on any atom is -0.477 e. The number of carbonyl (C=O) groups is 1. The molecule has 0 bridgehead atoms. The monoisotopic (exact) mass is 440 g/mol. The zero-order valence-electron chi connectivity index (χ0n) is 18.2. The van der Waals surface area contributed by atoms with Gasteiger partial charge in [0, 0.05) is 16.5 Å². The molecule has 4 aromatic carbocycles. The van der Waals surface area contributed by atoms with Crippen LogP contribution >= 0.6 is 0 Å². The third-order valence-electron chi connectivity index (χ3n) is 5.80. The molecule has 162 valence electrons. The zero-order valence-corrected chi connectivity index (χ0v) is 18.2. The fourth-order valence-electron chi connectivity index (χ4n) is 4.14. The van der Waals surface area contributed by atoms with E-state index in [0.717, 1.165) is 16.8 Å². The van der Waals surface area contributed by atoms with Gasteiger partial charge in [0.2, 0.25) is 0 Å². The Labute approximate surface area is 196 Å². The number of fused-ring (bicyclic) bond motifs is 3. The molecule has 0 spiro atoms. The Morgan fingerprint density at radius 3 is 1.68 bits per heavy atom. The van der Waals surface area contributed by atoms with Crippen molar-refractivity contribution in [2.75, 3.05) is 0 Å². The molecule has 0 aliphatic heterocycles. The molecule has 0 saturated heterocycles. The van der Waals surface area contributed by atoms with Crippen LogP contribution in [-0.2, 0) is 4.79 Å². The Balaban J connectivity index is 1.41. The lowest BCUT2D eigenvalue weighted by Gasteiger charge is -2.08. The van der Waals surface area contributed by atoms with E-state index in [-0.39, 0.29) is 5.57 Å². The van der Waals surface area contributed by atoms with Crippen LogP contribution in [0.1, 0.15) is 16.7 Å². The highest BCUT2D eigenvalue weighted by Gasteiger charge is 2.10. The normalized spacial score (nSPS) is 11.8. The number of carboxylic acid groups (broad SMARTS) is 1. The quantitative estimate of drug-likeness (QED) is 0.183. The van der Waals surface area contributed by atoms with Crippen molar-refractivity contribution in [3.63, 3.8) is 0 Å². The largest absolute Gasteiger partial charge is 0.477 e. The molecule has 0 aliphatic carbocycles. The van der Waals surface area contributed by atoms with Gasteiger partial charge in [-0.25, -0.2) is 4.79 Å². The second-order valence-corrected chi connectivity index (χ2v) is 7.94.